The summed E-state index contributed by atoms with van der Waals surface area (Å²) >= 11 is 1.36. The quantitative estimate of drug-likeness (QED) is 0.690. The highest BCUT2D eigenvalue weighted by Crippen LogP contribution is 2.27. The van der Waals surface area contributed by atoms with Crippen molar-refractivity contribution in [2.24, 2.45) is 0 Å². The molecule has 0 saturated heterocycles. The number of rotatable bonds is 0. The smallest absolute Gasteiger partial charge is 0.181 e. The zero-order valence-corrected chi connectivity index (χ0v) is 7.85. The summed E-state index contributed by atoms with van der Waals surface area (Å²) in [5, 5.41) is 9.37. The zero-order chi connectivity index (χ0) is 9.42. The first kappa shape index (κ1) is 8.02. The van der Waals surface area contributed by atoms with Gasteiger partial charge in [-0.05, 0) is 24.6 Å². The molecule has 1 aromatic carbocycles. The largest absolute Gasteiger partial charge is 0.375 e. The van der Waals surface area contributed by atoms with E-state index < -0.39 is 0 Å². The lowest BCUT2D eigenvalue weighted by Gasteiger charge is -1.93. The second-order valence-corrected chi connectivity index (χ2v) is 3.86. The maximum absolute atomic E-state index is 8.86. The van der Waals surface area contributed by atoms with Crippen LogP contribution in [0.2, 0.25) is 0 Å². The zero-order valence-electron chi connectivity index (χ0n) is 7.03. The third kappa shape index (κ3) is 1.23. The van der Waals surface area contributed by atoms with Gasteiger partial charge in [-0.2, -0.15) is 5.26 Å². The van der Waals surface area contributed by atoms with Gasteiger partial charge in [0.1, 0.15) is 6.07 Å². The number of hydrogen-bond acceptors (Lipinski definition) is 4. The molecule has 0 saturated carbocycles. The van der Waals surface area contributed by atoms with Gasteiger partial charge in [0, 0.05) is 0 Å². The van der Waals surface area contributed by atoms with E-state index in [0.717, 1.165) is 15.8 Å². The van der Waals surface area contributed by atoms with Crippen molar-refractivity contribution < 1.29 is 0 Å². The summed E-state index contributed by atoms with van der Waals surface area (Å²) in [6.07, 6.45) is 0. The Bertz CT molecular complexity index is 507. The number of hydrogen-bond donors (Lipinski definition) is 1. The third-order valence-corrected chi connectivity index (χ3v) is 2.70. The third-order valence-electron chi connectivity index (χ3n) is 1.77. The van der Waals surface area contributed by atoms with Crippen molar-refractivity contribution in [3.63, 3.8) is 0 Å². The highest BCUT2D eigenvalue weighted by atomic mass is 32.1. The second kappa shape index (κ2) is 2.71. The van der Waals surface area contributed by atoms with E-state index in [4.69, 9.17) is 11.0 Å². The molecule has 0 fully saturated rings. The number of benzene rings is 1. The van der Waals surface area contributed by atoms with Crippen molar-refractivity contribution in [1.82, 2.24) is 4.98 Å². The number of nitrogens with two attached hydrogens (primary N) is 1. The molecular weight excluding hydrogens is 182 g/mol. The Morgan fingerprint density at radius 1 is 1.54 bits per heavy atom. The fourth-order valence-electron chi connectivity index (χ4n) is 1.27. The van der Waals surface area contributed by atoms with E-state index in [2.05, 4.69) is 11.1 Å². The summed E-state index contributed by atoms with van der Waals surface area (Å²) in [5.74, 6) is 0. The van der Waals surface area contributed by atoms with Crippen LogP contribution in [0, 0.1) is 18.3 Å². The molecule has 0 spiro atoms. The maximum atomic E-state index is 8.86. The van der Waals surface area contributed by atoms with E-state index in [-0.39, 0.29) is 0 Å². The van der Waals surface area contributed by atoms with Crippen LogP contribution in [-0.2, 0) is 0 Å². The van der Waals surface area contributed by atoms with Gasteiger partial charge in [0.05, 0.1) is 15.8 Å². The molecule has 64 valence electrons. The first-order chi connectivity index (χ1) is 6.20. The Morgan fingerprint density at radius 3 is 3.00 bits per heavy atom. The standard InChI is InChI=1S/C9H7N3S/c1-5-2-6(4-10)8-7(3-5)12-9(11)13-8/h2-3H,1H3,(H2,11,12). The number of anilines is 1. The van der Waals surface area contributed by atoms with Gasteiger partial charge in [0.15, 0.2) is 5.13 Å². The average Bonchev–Trinajstić information content (AvgIpc) is 2.43. The molecule has 0 aliphatic rings. The van der Waals surface area contributed by atoms with Gasteiger partial charge in [-0.25, -0.2) is 4.98 Å². The number of nitriles is 1. The van der Waals surface area contributed by atoms with Crippen molar-refractivity contribution in [1.29, 1.82) is 5.26 Å². The summed E-state index contributed by atoms with van der Waals surface area (Å²) in [7, 11) is 0. The predicted octanol–water partition coefficient (Wildman–Crippen LogP) is 2.06. The lowest BCUT2D eigenvalue weighted by atomic mass is 10.1. The van der Waals surface area contributed by atoms with E-state index in [1.165, 1.54) is 11.3 Å². The molecule has 0 aliphatic carbocycles. The first-order valence-electron chi connectivity index (χ1n) is 3.77. The lowest BCUT2D eigenvalue weighted by molar-refractivity contribution is 1.43. The van der Waals surface area contributed by atoms with E-state index >= 15 is 0 Å². The fourth-order valence-corrected chi connectivity index (χ4v) is 2.05. The van der Waals surface area contributed by atoms with Gasteiger partial charge in [-0.15, -0.1) is 0 Å². The minimum absolute atomic E-state index is 0.511. The Labute approximate surface area is 79.4 Å². The molecule has 0 unspecified atom stereocenters. The van der Waals surface area contributed by atoms with Crippen molar-refractivity contribution in [2.45, 2.75) is 6.92 Å². The SMILES string of the molecule is Cc1cc(C#N)c2sc(N)nc2c1. The molecule has 0 bridgehead atoms. The van der Waals surface area contributed by atoms with Gasteiger partial charge in [0.2, 0.25) is 0 Å². The Kier molecular flexibility index (Phi) is 1.67. The van der Waals surface area contributed by atoms with Crippen LogP contribution in [0.4, 0.5) is 5.13 Å². The number of aromatic nitrogens is 1. The van der Waals surface area contributed by atoms with Crippen LogP contribution in [0.25, 0.3) is 10.2 Å². The number of aryl methyl sites for hydroxylation is 1. The van der Waals surface area contributed by atoms with Gasteiger partial charge in [0.25, 0.3) is 0 Å². The number of thiazole rings is 1. The molecular formula is C9H7N3S. The lowest BCUT2D eigenvalue weighted by Crippen LogP contribution is -1.80. The molecule has 4 heteroatoms. The Hall–Kier alpha value is -1.60. The topological polar surface area (TPSA) is 62.7 Å². The molecule has 2 N–H and O–H groups in total. The van der Waals surface area contributed by atoms with Crippen LogP contribution in [0.3, 0.4) is 0 Å². The van der Waals surface area contributed by atoms with Gasteiger partial charge >= 0.3 is 0 Å². The molecule has 0 amide bonds. The summed E-state index contributed by atoms with van der Waals surface area (Å²) in [6.45, 7) is 1.94. The van der Waals surface area contributed by atoms with Gasteiger partial charge < -0.3 is 5.73 Å². The number of nitrogen functional groups attached to an aromatic ring is 1. The van der Waals surface area contributed by atoms with Crippen molar-refractivity contribution in [3.05, 3.63) is 23.3 Å². The number of fused-ring (bicyclic) bond motifs is 1. The second-order valence-electron chi connectivity index (χ2n) is 2.82. The highest BCUT2D eigenvalue weighted by molar-refractivity contribution is 7.22. The van der Waals surface area contributed by atoms with Crippen molar-refractivity contribution in [2.75, 3.05) is 5.73 Å². The van der Waals surface area contributed by atoms with Gasteiger partial charge in [-0.3, -0.25) is 0 Å². The fraction of sp³-hybridized carbons (Fsp3) is 0.111. The molecule has 0 radical (unpaired) electrons. The molecule has 13 heavy (non-hydrogen) atoms. The predicted molar refractivity (Wildman–Crippen MR) is 53.5 cm³/mol. The number of nitrogens with zero attached hydrogens (tertiary/aromatic N) is 2. The van der Waals surface area contributed by atoms with Crippen molar-refractivity contribution >= 4 is 26.7 Å². The summed E-state index contributed by atoms with van der Waals surface area (Å²) in [4.78, 5) is 4.13. The Balaban J connectivity index is 2.90. The van der Waals surface area contributed by atoms with E-state index in [9.17, 15) is 0 Å². The molecule has 0 aliphatic heterocycles. The van der Waals surface area contributed by atoms with Crippen LogP contribution < -0.4 is 5.73 Å². The summed E-state index contributed by atoms with van der Waals surface area (Å²) < 4.78 is 0.880. The van der Waals surface area contributed by atoms with Crippen LogP contribution in [0.1, 0.15) is 11.1 Å². The average molecular weight is 189 g/mol. The molecule has 3 nitrogen and oxygen atoms in total. The van der Waals surface area contributed by atoms with Crippen LogP contribution in [-0.4, -0.2) is 4.98 Å². The van der Waals surface area contributed by atoms with Crippen LogP contribution >= 0.6 is 11.3 Å². The van der Waals surface area contributed by atoms with Crippen LogP contribution in [0.15, 0.2) is 12.1 Å². The highest BCUT2D eigenvalue weighted by Gasteiger charge is 2.06. The molecule has 1 heterocycles. The van der Waals surface area contributed by atoms with E-state index in [1.54, 1.807) is 0 Å². The monoisotopic (exact) mass is 189 g/mol. The molecule has 0 atom stereocenters. The maximum Gasteiger partial charge on any atom is 0.181 e. The van der Waals surface area contributed by atoms with E-state index in [0.29, 0.717) is 10.7 Å². The van der Waals surface area contributed by atoms with Crippen LogP contribution in [0.5, 0.6) is 0 Å². The van der Waals surface area contributed by atoms with Crippen molar-refractivity contribution in [3.8, 4) is 6.07 Å². The molecule has 2 rings (SSSR count). The summed E-state index contributed by atoms with van der Waals surface area (Å²) in [6, 6.07) is 5.92. The first-order valence-corrected chi connectivity index (χ1v) is 4.59. The summed E-state index contributed by atoms with van der Waals surface area (Å²) in [5.41, 5.74) is 8.07. The van der Waals surface area contributed by atoms with E-state index in [1.807, 2.05) is 19.1 Å². The minimum Gasteiger partial charge on any atom is -0.375 e. The molecule has 2 aromatic rings. The van der Waals surface area contributed by atoms with Gasteiger partial charge in [-0.1, -0.05) is 11.3 Å². The minimum atomic E-state index is 0.511. The Morgan fingerprint density at radius 2 is 2.31 bits per heavy atom. The normalized spacial score (nSPS) is 10.2. The molecule has 1 aromatic heterocycles.